The zero-order valence-electron chi connectivity index (χ0n) is 11.8. The highest BCUT2D eigenvalue weighted by Crippen LogP contribution is 2.22. The Morgan fingerprint density at radius 3 is 2.80 bits per heavy atom. The van der Waals surface area contributed by atoms with E-state index < -0.39 is 10.0 Å². The molecule has 0 saturated carbocycles. The van der Waals surface area contributed by atoms with Crippen molar-refractivity contribution in [3.63, 3.8) is 0 Å². The topological polar surface area (TPSA) is 58.5 Å². The molecule has 2 rings (SSSR count). The fourth-order valence-electron chi connectivity index (χ4n) is 1.93. The molecule has 0 saturated heterocycles. The maximum Gasteiger partial charge on any atom is 0.263 e. The van der Waals surface area contributed by atoms with Crippen LogP contribution in [-0.4, -0.2) is 32.3 Å². The van der Waals surface area contributed by atoms with Gasteiger partial charge in [-0.1, -0.05) is 26.0 Å². The highest BCUT2D eigenvalue weighted by Gasteiger charge is 2.29. The molecule has 1 N–H and O–H groups in total. The molecule has 0 radical (unpaired) electrons. The summed E-state index contributed by atoms with van der Waals surface area (Å²) in [7, 11) is -3.40. The van der Waals surface area contributed by atoms with Crippen LogP contribution < -0.4 is 4.72 Å². The Balaban J connectivity index is 1.93. The molecule has 1 aromatic carbocycles. The quantitative estimate of drug-likeness (QED) is 0.821. The largest absolute Gasteiger partial charge is 0.267 e. The molecule has 0 atom stereocenters. The first-order chi connectivity index (χ1) is 9.50. The van der Waals surface area contributed by atoms with Crippen LogP contribution in [0.2, 0.25) is 0 Å². The maximum absolute atomic E-state index is 11.9. The summed E-state index contributed by atoms with van der Waals surface area (Å²) in [5.74, 6) is 3.41. The number of sulfonamides is 1. The fraction of sp³-hybridized carbons (Fsp3) is 0.500. The van der Waals surface area contributed by atoms with E-state index in [2.05, 4.69) is 23.6 Å². The number of aliphatic imine (C=N–C) groups is 1. The van der Waals surface area contributed by atoms with Crippen LogP contribution in [0.15, 0.2) is 34.2 Å². The smallest absolute Gasteiger partial charge is 0.263 e. The van der Waals surface area contributed by atoms with Crippen molar-refractivity contribution in [1.29, 1.82) is 0 Å². The molecule has 1 aliphatic rings. The van der Waals surface area contributed by atoms with Gasteiger partial charge in [0.05, 0.1) is 4.90 Å². The number of hydrogen-bond acceptors (Lipinski definition) is 4. The van der Waals surface area contributed by atoms with Gasteiger partial charge < -0.3 is 0 Å². The van der Waals surface area contributed by atoms with Crippen LogP contribution in [0.25, 0.3) is 0 Å². The molecule has 6 heteroatoms. The standard InChI is InChI=1S/C14H20N2O2S2/c1-11(2)10-19-9-5-8-15-14-12-6-3-4-7-13(12)20(17,18)16-14/h3-4,6-7,11H,5,8-10H2,1-2H3,(H,15,16). The molecule has 0 unspecified atom stereocenters. The Kier molecular flexibility index (Phi) is 5.10. The molecule has 4 nitrogen and oxygen atoms in total. The second kappa shape index (κ2) is 6.63. The van der Waals surface area contributed by atoms with Gasteiger partial charge >= 0.3 is 0 Å². The van der Waals surface area contributed by atoms with E-state index in [4.69, 9.17) is 0 Å². The number of nitrogens with one attached hydrogen (secondary N) is 1. The number of amidine groups is 1. The lowest BCUT2D eigenvalue weighted by Crippen LogP contribution is -2.22. The average molecular weight is 312 g/mol. The average Bonchev–Trinajstić information content (AvgIpc) is 2.66. The minimum atomic E-state index is -3.40. The van der Waals surface area contributed by atoms with Gasteiger partial charge in [0.15, 0.2) is 0 Å². The lowest BCUT2D eigenvalue weighted by atomic mass is 10.2. The third-order valence-electron chi connectivity index (χ3n) is 2.83. The van der Waals surface area contributed by atoms with Crippen molar-refractivity contribution >= 4 is 27.6 Å². The maximum atomic E-state index is 11.9. The van der Waals surface area contributed by atoms with Gasteiger partial charge in [0.2, 0.25) is 0 Å². The lowest BCUT2D eigenvalue weighted by molar-refractivity contribution is 0.595. The first-order valence-electron chi connectivity index (χ1n) is 6.75. The first-order valence-corrected chi connectivity index (χ1v) is 9.39. The molecular formula is C14H20N2O2S2. The first kappa shape index (κ1) is 15.4. The third kappa shape index (κ3) is 3.76. The Morgan fingerprint density at radius 1 is 1.30 bits per heavy atom. The van der Waals surface area contributed by atoms with Gasteiger partial charge in [0.25, 0.3) is 10.0 Å². The second-order valence-electron chi connectivity index (χ2n) is 5.15. The fourth-order valence-corrected chi connectivity index (χ4v) is 4.15. The molecular weight excluding hydrogens is 292 g/mol. The van der Waals surface area contributed by atoms with Crippen molar-refractivity contribution in [2.45, 2.75) is 25.2 Å². The lowest BCUT2D eigenvalue weighted by Gasteiger charge is -2.03. The summed E-state index contributed by atoms with van der Waals surface area (Å²) in [5, 5.41) is 0. The Morgan fingerprint density at radius 2 is 2.05 bits per heavy atom. The van der Waals surface area contributed by atoms with Crippen molar-refractivity contribution < 1.29 is 8.42 Å². The summed E-state index contributed by atoms with van der Waals surface area (Å²) in [6, 6.07) is 6.96. The third-order valence-corrected chi connectivity index (χ3v) is 5.71. The number of rotatable bonds is 6. The van der Waals surface area contributed by atoms with Gasteiger partial charge in [-0.25, -0.2) is 8.42 Å². The molecule has 0 aliphatic carbocycles. The summed E-state index contributed by atoms with van der Waals surface area (Å²) in [6.45, 7) is 5.06. The summed E-state index contributed by atoms with van der Waals surface area (Å²) in [6.07, 6.45) is 0.963. The minimum absolute atomic E-state index is 0.327. The van der Waals surface area contributed by atoms with Crippen molar-refractivity contribution in [2.24, 2.45) is 10.9 Å². The number of thioether (sulfide) groups is 1. The van der Waals surface area contributed by atoms with E-state index in [-0.39, 0.29) is 0 Å². The van der Waals surface area contributed by atoms with E-state index in [1.807, 2.05) is 17.8 Å². The van der Waals surface area contributed by atoms with Crippen molar-refractivity contribution in [3.05, 3.63) is 29.8 Å². The number of nitrogens with zero attached hydrogens (tertiary/aromatic N) is 1. The van der Waals surface area contributed by atoms with E-state index in [1.54, 1.807) is 18.2 Å². The molecule has 1 heterocycles. The molecule has 110 valence electrons. The van der Waals surface area contributed by atoms with Crippen LogP contribution in [0.4, 0.5) is 0 Å². The summed E-state index contributed by atoms with van der Waals surface area (Å²) < 4.78 is 26.3. The zero-order valence-corrected chi connectivity index (χ0v) is 13.4. The molecule has 0 amide bonds. The monoisotopic (exact) mass is 312 g/mol. The molecule has 0 bridgehead atoms. The molecule has 20 heavy (non-hydrogen) atoms. The van der Waals surface area contributed by atoms with Gasteiger partial charge in [-0.3, -0.25) is 9.71 Å². The Bertz CT molecular complexity index is 595. The predicted molar refractivity (Wildman–Crippen MR) is 84.9 cm³/mol. The van der Waals surface area contributed by atoms with E-state index in [0.29, 0.717) is 28.8 Å². The van der Waals surface area contributed by atoms with Gasteiger partial charge in [-0.2, -0.15) is 11.8 Å². The molecule has 0 fully saturated rings. The van der Waals surface area contributed by atoms with Crippen LogP contribution >= 0.6 is 11.8 Å². The number of fused-ring (bicyclic) bond motifs is 1. The van der Waals surface area contributed by atoms with E-state index in [0.717, 1.165) is 17.9 Å². The van der Waals surface area contributed by atoms with Crippen LogP contribution in [0.3, 0.4) is 0 Å². The highest BCUT2D eigenvalue weighted by molar-refractivity contribution is 7.99. The van der Waals surface area contributed by atoms with Crippen LogP contribution in [0.1, 0.15) is 25.8 Å². The summed E-state index contributed by atoms with van der Waals surface area (Å²) in [5.41, 5.74) is 0.683. The van der Waals surface area contributed by atoms with Gasteiger partial charge in [-0.15, -0.1) is 0 Å². The Labute approximate surface area is 125 Å². The van der Waals surface area contributed by atoms with E-state index >= 15 is 0 Å². The molecule has 0 spiro atoms. The minimum Gasteiger partial charge on any atom is -0.267 e. The zero-order chi connectivity index (χ0) is 14.6. The number of benzene rings is 1. The van der Waals surface area contributed by atoms with Crippen molar-refractivity contribution in [3.8, 4) is 0 Å². The van der Waals surface area contributed by atoms with Gasteiger partial charge in [-0.05, 0) is 36.0 Å². The predicted octanol–water partition coefficient (Wildman–Crippen LogP) is 2.50. The van der Waals surface area contributed by atoms with Crippen LogP contribution in [0, 0.1) is 5.92 Å². The van der Waals surface area contributed by atoms with Crippen molar-refractivity contribution in [1.82, 2.24) is 4.72 Å². The summed E-state index contributed by atoms with van der Waals surface area (Å²) >= 11 is 1.92. The Hall–Kier alpha value is -1.01. The highest BCUT2D eigenvalue weighted by atomic mass is 32.2. The van der Waals surface area contributed by atoms with E-state index in [9.17, 15) is 8.42 Å². The SMILES string of the molecule is CC(C)CSCCCN=C1NS(=O)(=O)c2ccccc21. The molecule has 0 aromatic heterocycles. The van der Waals surface area contributed by atoms with Gasteiger partial charge in [0.1, 0.15) is 5.84 Å². The van der Waals surface area contributed by atoms with E-state index in [1.165, 1.54) is 0 Å². The second-order valence-corrected chi connectivity index (χ2v) is 7.95. The summed E-state index contributed by atoms with van der Waals surface area (Å²) in [4.78, 5) is 4.72. The normalized spacial score (nSPS) is 18.2. The number of hydrogen-bond donors (Lipinski definition) is 1. The molecule has 1 aliphatic heterocycles. The van der Waals surface area contributed by atoms with Gasteiger partial charge in [0, 0.05) is 12.1 Å². The van der Waals surface area contributed by atoms with Crippen LogP contribution in [0.5, 0.6) is 0 Å². The molecule has 1 aromatic rings. The van der Waals surface area contributed by atoms with Crippen molar-refractivity contribution in [2.75, 3.05) is 18.1 Å². The van der Waals surface area contributed by atoms with Crippen LogP contribution in [-0.2, 0) is 10.0 Å².